The average molecular weight is 409 g/mol. The van der Waals surface area contributed by atoms with Gasteiger partial charge in [-0.15, -0.1) is 0 Å². The molecule has 0 aliphatic heterocycles. The number of carbonyl (C=O) groups excluding carboxylic acids is 1. The van der Waals surface area contributed by atoms with E-state index in [4.69, 9.17) is 29.6 Å². The van der Waals surface area contributed by atoms with Crippen LogP contribution in [0.25, 0.3) is 0 Å². The molecule has 1 aliphatic rings. The first kappa shape index (κ1) is 15.0. The van der Waals surface area contributed by atoms with Gasteiger partial charge in [0, 0.05) is 8.59 Å². The number of halogens is 2. The Morgan fingerprint density at radius 1 is 1.42 bits per heavy atom. The van der Waals surface area contributed by atoms with E-state index >= 15 is 0 Å². The molecule has 0 atom stereocenters. The number of hydrogen-bond donors (Lipinski definition) is 2. The van der Waals surface area contributed by atoms with Gasteiger partial charge in [0.15, 0.2) is 0 Å². The number of hydrogen-bond acceptors (Lipinski definition) is 2. The van der Waals surface area contributed by atoms with Crippen molar-refractivity contribution in [1.82, 2.24) is 0 Å². The fourth-order valence-electron chi connectivity index (χ4n) is 2.40. The first-order chi connectivity index (χ1) is 8.95. The summed E-state index contributed by atoms with van der Waals surface area (Å²) in [5, 5.41) is 3.57. The van der Waals surface area contributed by atoms with Gasteiger partial charge in [-0.3, -0.25) is 4.79 Å². The van der Waals surface area contributed by atoms with E-state index in [0.717, 1.165) is 34.9 Å². The SMILES string of the molecule is NC(=S)C1(C(=O)Nc2ccc(Cl)cc2I)CCCC1. The van der Waals surface area contributed by atoms with Crippen LogP contribution in [0.3, 0.4) is 0 Å². The minimum Gasteiger partial charge on any atom is -0.392 e. The van der Waals surface area contributed by atoms with Crippen molar-refractivity contribution in [1.29, 1.82) is 0 Å². The maximum Gasteiger partial charge on any atom is 0.237 e. The zero-order valence-electron chi connectivity index (χ0n) is 10.2. The van der Waals surface area contributed by atoms with E-state index in [9.17, 15) is 4.79 Å². The second-order valence-corrected chi connectivity index (χ2v) is 6.77. The fourth-order valence-corrected chi connectivity index (χ4v) is 3.70. The van der Waals surface area contributed by atoms with Gasteiger partial charge in [0.2, 0.25) is 5.91 Å². The van der Waals surface area contributed by atoms with Crippen molar-refractivity contribution in [2.45, 2.75) is 25.7 Å². The molecule has 3 nitrogen and oxygen atoms in total. The summed E-state index contributed by atoms with van der Waals surface area (Å²) in [6.45, 7) is 0. The van der Waals surface area contributed by atoms with Crippen LogP contribution in [0.2, 0.25) is 5.02 Å². The Morgan fingerprint density at radius 3 is 2.58 bits per heavy atom. The summed E-state index contributed by atoms with van der Waals surface area (Å²) in [5.41, 5.74) is 5.86. The molecule has 6 heteroatoms. The number of rotatable bonds is 3. The minimum absolute atomic E-state index is 0.0993. The van der Waals surface area contributed by atoms with E-state index < -0.39 is 5.41 Å². The van der Waals surface area contributed by atoms with Gasteiger partial charge in [0.05, 0.1) is 16.1 Å². The zero-order chi connectivity index (χ0) is 14.0. The van der Waals surface area contributed by atoms with E-state index in [1.165, 1.54) is 0 Å². The number of benzene rings is 1. The topological polar surface area (TPSA) is 55.1 Å². The molecule has 0 radical (unpaired) electrons. The molecule has 2 rings (SSSR count). The van der Waals surface area contributed by atoms with Gasteiger partial charge >= 0.3 is 0 Å². The molecule has 3 N–H and O–H groups in total. The summed E-state index contributed by atoms with van der Waals surface area (Å²) in [6, 6.07) is 5.35. The van der Waals surface area contributed by atoms with Crippen molar-refractivity contribution < 1.29 is 4.79 Å². The molecular weight excluding hydrogens is 395 g/mol. The molecule has 0 unspecified atom stereocenters. The van der Waals surface area contributed by atoms with Gasteiger partial charge in [-0.2, -0.15) is 0 Å². The number of nitrogens with two attached hydrogens (primary N) is 1. The largest absolute Gasteiger partial charge is 0.392 e. The molecule has 0 heterocycles. The summed E-state index contributed by atoms with van der Waals surface area (Å²) >= 11 is 13.1. The molecule has 102 valence electrons. The summed E-state index contributed by atoms with van der Waals surface area (Å²) < 4.78 is 0.898. The van der Waals surface area contributed by atoms with E-state index in [0.29, 0.717) is 10.0 Å². The number of nitrogens with one attached hydrogen (secondary N) is 1. The first-order valence-corrected chi connectivity index (χ1v) is 7.88. The Hall–Kier alpha value is -0.400. The normalized spacial score (nSPS) is 17.2. The van der Waals surface area contributed by atoms with Gasteiger partial charge in [-0.05, 0) is 53.6 Å². The zero-order valence-corrected chi connectivity index (χ0v) is 13.9. The van der Waals surface area contributed by atoms with Crippen molar-refractivity contribution in [3.8, 4) is 0 Å². The lowest BCUT2D eigenvalue weighted by atomic mass is 9.85. The summed E-state index contributed by atoms with van der Waals surface area (Å²) in [7, 11) is 0. The second kappa shape index (κ2) is 5.93. The molecule has 0 saturated heterocycles. The highest BCUT2D eigenvalue weighted by atomic mass is 127. The molecule has 1 saturated carbocycles. The van der Waals surface area contributed by atoms with Crippen molar-refractivity contribution >= 4 is 63.0 Å². The average Bonchev–Trinajstić information content (AvgIpc) is 2.83. The minimum atomic E-state index is -0.682. The van der Waals surface area contributed by atoms with Crippen LogP contribution < -0.4 is 11.1 Å². The molecule has 0 aromatic heterocycles. The monoisotopic (exact) mass is 408 g/mol. The number of carbonyl (C=O) groups is 1. The molecule has 0 bridgehead atoms. The molecule has 1 aliphatic carbocycles. The highest BCUT2D eigenvalue weighted by Gasteiger charge is 2.44. The highest BCUT2D eigenvalue weighted by molar-refractivity contribution is 14.1. The number of thiocarbonyl (C=S) groups is 1. The fraction of sp³-hybridized carbons (Fsp3) is 0.385. The Balaban J connectivity index is 2.22. The summed E-state index contributed by atoms with van der Waals surface area (Å²) in [4.78, 5) is 12.8. The predicted molar refractivity (Wildman–Crippen MR) is 90.5 cm³/mol. The maximum atomic E-state index is 12.5. The molecule has 0 spiro atoms. The van der Waals surface area contributed by atoms with Crippen LogP contribution in [0.1, 0.15) is 25.7 Å². The third-order valence-corrected chi connectivity index (χ3v) is 5.06. The van der Waals surface area contributed by atoms with E-state index in [1.54, 1.807) is 18.2 Å². The third kappa shape index (κ3) is 3.03. The number of anilines is 1. The molecule has 1 aromatic rings. The lowest BCUT2D eigenvalue weighted by molar-refractivity contribution is -0.122. The third-order valence-electron chi connectivity index (χ3n) is 3.54. The van der Waals surface area contributed by atoms with Crippen LogP contribution >= 0.6 is 46.4 Å². The van der Waals surface area contributed by atoms with Crippen molar-refractivity contribution in [2.24, 2.45) is 11.1 Å². The lowest BCUT2D eigenvalue weighted by Crippen LogP contribution is -2.44. The van der Waals surface area contributed by atoms with Crippen LogP contribution in [-0.2, 0) is 4.79 Å². The van der Waals surface area contributed by atoms with Crippen molar-refractivity contribution in [3.63, 3.8) is 0 Å². The van der Waals surface area contributed by atoms with Crippen molar-refractivity contribution in [2.75, 3.05) is 5.32 Å². The molecular formula is C13H14ClIN2OS. The van der Waals surface area contributed by atoms with Crippen LogP contribution in [0.15, 0.2) is 18.2 Å². The van der Waals surface area contributed by atoms with Gasteiger partial charge in [0.25, 0.3) is 0 Å². The molecule has 1 amide bonds. The molecule has 1 fully saturated rings. The Labute approximate surface area is 136 Å². The van der Waals surface area contributed by atoms with Gasteiger partial charge in [-0.25, -0.2) is 0 Å². The quantitative estimate of drug-likeness (QED) is 0.592. The smallest absolute Gasteiger partial charge is 0.237 e. The van der Waals surface area contributed by atoms with Crippen LogP contribution in [-0.4, -0.2) is 10.9 Å². The van der Waals surface area contributed by atoms with Gasteiger partial charge in [0.1, 0.15) is 0 Å². The lowest BCUT2D eigenvalue weighted by Gasteiger charge is -2.26. The van der Waals surface area contributed by atoms with Gasteiger partial charge in [-0.1, -0.05) is 36.7 Å². The summed E-state index contributed by atoms with van der Waals surface area (Å²) in [6.07, 6.45) is 3.45. The number of amides is 1. The first-order valence-electron chi connectivity index (χ1n) is 6.02. The highest BCUT2D eigenvalue weighted by Crippen LogP contribution is 2.39. The molecule has 19 heavy (non-hydrogen) atoms. The maximum absolute atomic E-state index is 12.5. The van der Waals surface area contributed by atoms with E-state index in [-0.39, 0.29) is 5.91 Å². The Morgan fingerprint density at radius 2 is 2.05 bits per heavy atom. The van der Waals surface area contributed by atoms with Crippen molar-refractivity contribution in [3.05, 3.63) is 26.8 Å². The standard InChI is InChI=1S/C13H14ClIN2OS/c14-8-3-4-10(9(15)7-8)17-12(18)13(11(16)19)5-1-2-6-13/h3-4,7H,1-2,5-6H2,(H2,16,19)(H,17,18). The van der Waals surface area contributed by atoms with Crippen LogP contribution in [0.5, 0.6) is 0 Å². The van der Waals surface area contributed by atoms with Crippen LogP contribution in [0, 0.1) is 8.99 Å². The predicted octanol–water partition coefficient (Wildman–Crippen LogP) is 3.73. The second-order valence-electron chi connectivity index (χ2n) is 4.73. The van der Waals surface area contributed by atoms with E-state index in [1.807, 2.05) is 0 Å². The van der Waals surface area contributed by atoms with Gasteiger partial charge < -0.3 is 11.1 Å². The molecule has 1 aromatic carbocycles. The van der Waals surface area contributed by atoms with Crippen LogP contribution in [0.4, 0.5) is 5.69 Å². The summed E-state index contributed by atoms with van der Waals surface area (Å²) in [5.74, 6) is -0.0993. The Bertz CT molecular complexity index is 529. The Kier molecular flexibility index (Phi) is 4.68. The van der Waals surface area contributed by atoms with E-state index in [2.05, 4.69) is 27.9 Å².